The molecule has 0 spiro atoms. The lowest BCUT2D eigenvalue weighted by Crippen LogP contribution is -2.30. The van der Waals surface area contributed by atoms with Gasteiger partial charge >= 0.3 is 0 Å². The first-order valence-corrected chi connectivity index (χ1v) is 8.34. The Morgan fingerprint density at radius 1 is 1.32 bits per heavy atom. The number of rotatable bonds is 6. The Kier molecular flexibility index (Phi) is 4.97. The molecule has 0 saturated carbocycles. The zero-order chi connectivity index (χ0) is 17.8. The van der Waals surface area contributed by atoms with Gasteiger partial charge in [0.2, 0.25) is 5.91 Å². The van der Waals surface area contributed by atoms with Crippen molar-refractivity contribution in [2.75, 3.05) is 7.11 Å². The molecule has 0 fully saturated rings. The number of nitrogens with zero attached hydrogens (tertiary/aromatic N) is 2. The van der Waals surface area contributed by atoms with Crippen LogP contribution in [0.4, 0.5) is 0 Å². The zero-order valence-electron chi connectivity index (χ0n) is 14.7. The van der Waals surface area contributed by atoms with E-state index >= 15 is 0 Å². The van der Waals surface area contributed by atoms with Crippen LogP contribution in [0.1, 0.15) is 36.6 Å². The van der Waals surface area contributed by atoms with Crippen molar-refractivity contribution in [1.29, 1.82) is 0 Å². The van der Waals surface area contributed by atoms with Crippen LogP contribution >= 0.6 is 0 Å². The molecule has 25 heavy (non-hydrogen) atoms. The maximum absolute atomic E-state index is 12.6. The van der Waals surface area contributed by atoms with Gasteiger partial charge in [-0.3, -0.25) is 9.89 Å². The van der Waals surface area contributed by atoms with Crippen LogP contribution in [-0.4, -0.2) is 28.2 Å². The van der Waals surface area contributed by atoms with Gasteiger partial charge in [0.1, 0.15) is 11.6 Å². The molecule has 0 saturated heterocycles. The van der Waals surface area contributed by atoms with E-state index in [4.69, 9.17) is 4.74 Å². The monoisotopic (exact) mass is 338 g/mol. The molecule has 3 rings (SSSR count). The summed E-state index contributed by atoms with van der Waals surface area (Å²) in [6.07, 6.45) is 1.02. The molecular formula is C19H22N4O2. The molecule has 0 aliphatic carbocycles. The molecule has 1 atom stereocenters. The number of hydrogen-bond donors (Lipinski definition) is 2. The number of methoxy groups -OCH3 is 1. The van der Waals surface area contributed by atoms with Crippen LogP contribution in [0.2, 0.25) is 0 Å². The normalized spacial score (nSPS) is 12.1. The molecule has 6 nitrogen and oxygen atoms in total. The summed E-state index contributed by atoms with van der Waals surface area (Å²) in [7, 11) is 1.64. The van der Waals surface area contributed by atoms with E-state index in [1.165, 1.54) is 0 Å². The van der Waals surface area contributed by atoms with E-state index in [1.54, 1.807) is 7.11 Å². The number of hydrogen-bond acceptors (Lipinski definition) is 4. The van der Waals surface area contributed by atoms with Crippen molar-refractivity contribution >= 4 is 16.7 Å². The third-order valence-corrected chi connectivity index (χ3v) is 4.20. The minimum absolute atomic E-state index is 0.0513. The van der Waals surface area contributed by atoms with E-state index in [2.05, 4.69) is 20.5 Å². The van der Waals surface area contributed by atoms with E-state index in [0.29, 0.717) is 12.2 Å². The number of aryl methyl sites for hydroxylation is 1. The van der Waals surface area contributed by atoms with Gasteiger partial charge in [0.25, 0.3) is 0 Å². The first-order valence-electron chi connectivity index (χ1n) is 8.34. The van der Waals surface area contributed by atoms with Gasteiger partial charge in [0.15, 0.2) is 5.82 Å². The highest BCUT2D eigenvalue weighted by Gasteiger charge is 2.17. The standard InChI is InChI=1S/C19H22N4O2/c1-4-17(19-20-12(2)22-23-19)21-18(24)10-14-7-5-6-13-8-9-15(25-3)11-16(13)14/h5-9,11,17H,4,10H2,1-3H3,(H,21,24)(H,20,22,23)/t17-/m1/s1. The van der Waals surface area contributed by atoms with Gasteiger partial charge in [0.05, 0.1) is 19.6 Å². The summed E-state index contributed by atoms with van der Waals surface area (Å²) < 4.78 is 5.30. The molecule has 1 amide bonds. The summed E-state index contributed by atoms with van der Waals surface area (Å²) in [4.78, 5) is 16.9. The Bertz CT molecular complexity index is 888. The maximum atomic E-state index is 12.6. The lowest BCUT2D eigenvalue weighted by Gasteiger charge is -2.14. The average molecular weight is 338 g/mol. The van der Waals surface area contributed by atoms with Gasteiger partial charge < -0.3 is 10.1 Å². The van der Waals surface area contributed by atoms with Crippen molar-refractivity contribution in [2.45, 2.75) is 32.7 Å². The lowest BCUT2D eigenvalue weighted by molar-refractivity contribution is -0.121. The quantitative estimate of drug-likeness (QED) is 0.724. The number of aromatic nitrogens is 3. The third kappa shape index (κ3) is 3.79. The van der Waals surface area contributed by atoms with Crippen LogP contribution in [0.15, 0.2) is 36.4 Å². The predicted molar refractivity (Wildman–Crippen MR) is 96.5 cm³/mol. The Morgan fingerprint density at radius 3 is 2.84 bits per heavy atom. The number of amides is 1. The second-order valence-electron chi connectivity index (χ2n) is 5.99. The number of aromatic amines is 1. The number of carbonyl (C=O) groups is 1. The molecule has 6 heteroatoms. The number of benzene rings is 2. The van der Waals surface area contributed by atoms with E-state index in [9.17, 15) is 4.79 Å². The summed E-state index contributed by atoms with van der Waals surface area (Å²) >= 11 is 0. The average Bonchev–Trinajstić information content (AvgIpc) is 3.05. The molecule has 1 aromatic heterocycles. The van der Waals surface area contributed by atoms with Gasteiger partial charge in [-0.05, 0) is 41.8 Å². The van der Waals surface area contributed by atoms with Crippen LogP contribution in [0, 0.1) is 6.92 Å². The fourth-order valence-corrected chi connectivity index (χ4v) is 2.88. The van der Waals surface area contributed by atoms with E-state index in [-0.39, 0.29) is 11.9 Å². The zero-order valence-corrected chi connectivity index (χ0v) is 14.7. The fraction of sp³-hybridized carbons (Fsp3) is 0.316. The highest BCUT2D eigenvalue weighted by atomic mass is 16.5. The van der Waals surface area contributed by atoms with Gasteiger partial charge in [-0.1, -0.05) is 31.2 Å². The van der Waals surface area contributed by atoms with E-state index in [1.807, 2.05) is 50.2 Å². The second kappa shape index (κ2) is 7.34. The summed E-state index contributed by atoms with van der Waals surface area (Å²) in [5.41, 5.74) is 0.968. The van der Waals surface area contributed by atoms with Crippen LogP contribution in [-0.2, 0) is 11.2 Å². The maximum Gasteiger partial charge on any atom is 0.225 e. The SMILES string of the molecule is CC[C@@H](NC(=O)Cc1cccc2ccc(OC)cc12)c1n[nH]c(C)n1. The third-order valence-electron chi connectivity index (χ3n) is 4.20. The van der Waals surface area contributed by atoms with Crippen LogP contribution in [0.5, 0.6) is 5.75 Å². The van der Waals surface area contributed by atoms with Crippen molar-refractivity contribution in [3.8, 4) is 5.75 Å². The molecule has 2 N–H and O–H groups in total. The second-order valence-corrected chi connectivity index (χ2v) is 5.99. The summed E-state index contributed by atoms with van der Waals surface area (Å²) in [5.74, 6) is 2.09. The van der Waals surface area contributed by atoms with Crippen molar-refractivity contribution in [2.24, 2.45) is 0 Å². The molecule has 0 bridgehead atoms. The lowest BCUT2D eigenvalue weighted by atomic mass is 10.0. The van der Waals surface area contributed by atoms with Crippen LogP contribution in [0.3, 0.4) is 0 Å². The van der Waals surface area contributed by atoms with Gasteiger partial charge in [-0.2, -0.15) is 5.10 Å². The largest absolute Gasteiger partial charge is 0.497 e. The molecule has 130 valence electrons. The summed E-state index contributed by atoms with van der Waals surface area (Å²) in [6, 6.07) is 11.7. The molecular weight excluding hydrogens is 316 g/mol. The van der Waals surface area contributed by atoms with E-state index in [0.717, 1.165) is 34.3 Å². The van der Waals surface area contributed by atoms with Crippen molar-refractivity contribution in [1.82, 2.24) is 20.5 Å². The number of fused-ring (bicyclic) bond motifs is 1. The molecule has 2 aromatic carbocycles. The first kappa shape index (κ1) is 17.0. The number of ether oxygens (including phenoxy) is 1. The van der Waals surface area contributed by atoms with Gasteiger partial charge in [-0.15, -0.1) is 0 Å². The number of H-pyrrole nitrogens is 1. The smallest absolute Gasteiger partial charge is 0.225 e. The topological polar surface area (TPSA) is 79.9 Å². The Morgan fingerprint density at radius 2 is 2.16 bits per heavy atom. The van der Waals surface area contributed by atoms with Crippen LogP contribution < -0.4 is 10.1 Å². The van der Waals surface area contributed by atoms with Crippen molar-refractivity contribution in [3.63, 3.8) is 0 Å². The highest BCUT2D eigenvalue weighted by molar-refractivity contribution is 5.91. The Hall–Kier alpha value is -2.89. The van der Waals surface area contributed by atoms with E-state index < -0.39 is 0 Å². The Labute approximate surface area is 146 Å². The number of nitrogens with one attached hydrogen (secondary N) is 2. The van der Waals surface area contributed by atoms with Crippen LogP contribution in [0.25, 0.3) is 10.8 Å². The fourth-order valence-electron chi connectivity index (χ4n) is 2.88. The molecule has 0 radical (unpaired) electrons. The Balaban J connectivity index is 1.79. The molecule has 3 aromatic rings. The van der Waals surface area contributed by atoms with Crippen molar-refractivity contribution < 1.29 is 9.53 Å². The van der Waals surface area contributed by atoms with Gasteiger partial charge in [0, 0.05) is 0 Å². The predicted octanol–water partition coefficient (Wildman–Crippen LogP) is 3.08. The molecule has 1 heterocycles. The summed E-state index contributed by atoms with van der Waals surface area (Å²) in [6.45, 7) is 3.84. The van der Waals surface area contributed by atoms with Crippen molar-refractivity contribution in [3.05, 3.63) is 53.6 Å². The molecule has 0 aliphatic heterocycles. The van der Waals surface area contributed by atoms with Gasteiger partial charge in [-0.25, -0.2) is 4.98 Å². The minimum atomic E-state index is -0.193. The minimum Gasteiger partial charge on any atom is -0.497 e. The molecule has 0 unspecified atom stereocenters. The highest BCUT2D eigenvalue weighted by Crippen LogP contribution is 2.24. The first-order chi connectivity index (χ1) is 12.1. The number of carbonyl (C=O) groups excluding carboxylic acids is 1. The summed E-state index contributed by atoms with van der Waals surface area (Å²) in [5, 5.41) is 12.1. The molecule has 0 aliphatic rings.